The molecule has 0 saturated heterocycles. The highest BCUT2D eigenvalue weighted by Gasteiger charge is 2.21. The lowest BCUT2D eigenvalue weighted by molar-refractivity contribution is 0.148. The van der Waals surface area contributed by atoms with Crippen molar-refractivity contribution in [3.63, 3.8) is 0 Å². The summed E-state index contributed by atoms with van der Waals surface area (Å²) in [6, 6.07) is 10.5. The Balaban J connectivity index is 0.00000182. The second kappa shape index (κ2) is 7.81. The van der Waals surface area contributed by atoms with E-state index >= 15 is 0 Å². The van der Waals surface area contributed by atoms with E-state index in [1.807, 2.05) is 30.7 Å². The monoisotopic (exact) mass is 355 g/mol. The van der Waals surface area contributed by atoms with Gasteiger partial charge in [-0.25, -0.2) is 0 Å². The zero-order valence-corrected chi connectivity index (χ0v) is 14.8. The molecule has 2 aromatic heterocycles. The maximum Gasteiger partial charge on any atom is 0.128 e. The average molecular weight is 356 g/mol. The molecule has 130 valence electrons. The number of ether oxygens (including phenoxy) is 1. The van der Waals surface area contributed by atoms with Crippen LogP contribution in [-0.2, 0) is 0 Å². The van der Waals surface area contributed by atoms with Gasteiger partial charge >= 0.3 is 0 Å². The first-order chi connectivity index (χ1) is 11.8. The fourth-order valence-corrected chi connectivity index (χ4v) is 3.44. The van der Waals surface area contributed by atoms with E-state index in [1.54, 1.807) is 6.20 Å². The minimum absolute atomic E-state index is 0. The van der Waals surface area contributed by atoms with Crippen molar-refractivity contribution < 1.29 is 4.74 Å². The van der Waals surface area contributed by atoms with Gasteiger partial charge < -0.3 is 10.5 Å². The number of hydrogen-bond donors (Lipinski definition) is 1. The van der Waals surface area contributed by atoms with E-state index < -0.39 is 0 Å². The number of nitrogens with zero attached hydrogens (tertiary/aromatic N) is 2. The minimum Gasteiger partial charge on any atom is -0.490 e. The summed E-state index contributed by atoms with van der Waals surface area (Å²) in [7, 11) is 0. The molecule has 1 aliphatic rings. The van der Waals surface area contributed by atoms with Gasteiger partial charge in [-0.3, -0.25) is 9.97 Å². The highest BCUT2D eigenvalue weighted by molar-refractivity contribution is 5.99. The Kier molecular flexibility index (Phi) is 5.51. The lowest BCUT2D eigenvalue weighted by atomic mass is 9.93. The van der Waals surface area contributed by atoms with Crippen LogP contribution in [0, 0.1) is 0 Å². The number of aromatic nitrogens is 2. The molecule has 25 heavy (non-hydrogen) atoms. The van der Waals surface area contributed by atoms with Crippen molar-refractivity contribution in [3.8, 4) is 16.9 Å². The van der Waals surface area contributed by atoms with E-state index in [1.165, 1.54) is 0 Å². The summed E-state index contributed by atoms with van der Waals surface area (Å²) < 4.78 is 6.39. The molecule has 0 bridgehead atoms. The fourth-order valence-electron chi connectivity index (χ4n) is 3.44. The number of fused-ring (bicyclic) bond motifs is 1. The maximum atomic E-state index is 6.39. The quantitative estimate of drug-likeness (QED) is 0.757. The van der Waals surface area contributed by atoms with Crippen molar-refractivity contribution in [1.29, 1.82) is 0 Å². The van der Waals surface area contributed by atoms with Crippen LogP contribution in [0.4, 0.5) is 0 Å². The van der Waals surface area contributed by atoms with Crippen LogP contribution in [0.1, 0.15) is 25.7 Å². The zero-order chi connectivity index (χ0) is 16.4. The SMILES string of the molecule is Cl.NC1CCC(Oc2ccc3cnccc3c2-c2cccnc2)CC1. The van der Waals surface area contributed by atoms with Gasteiger partial charge in [-0.05, 0) is 55.3 Å². The molecule has 0 amide bonds. The first kappa shape index (κ1) is 17.6. The molecule has 2 heterocycles. The van der Waals surface area contributed by atoms with Gasteiger partial charge in [0.2, 0.25) is 0 Å². The zero-order valence-electron chi connectivity index (χ0n) is 14.0. The van der Waals surface area contributed by atoms with Gasteiger partial charge in [0, 0.05) is 47.3 Å². The van der Waals surface area contributed by atoms with Gasteiger partial charge in [0.15, 0.2) is 0 Å². The van der Waals surface area contributed by atoms with Crippen LogP contribution < -0.4 is 10.5 Å². The van der Waals surface area contributed by atoms with Crippen LogP contribution in [0.25, 0.3) is 21.9 Å². The fraction of sp³-hybridized carbons (Fsp3) is 0.300. The summed E-state index contributed by atoms with van der Waals surface area (Å²) in [5.74, 6) is 0.919. The van der Waals surface area contributed by atoms with E-state index in [0.29, 0.717) is 6.04 Å². The molecule has 0 atom stereocenters. The molecule has 1 aromatic carbocycles. The van der Waals surface area contributed by atoms with Gasteiger partial charge in [-0.2, -0.15) is 0 Å². The largest absolute Gasteiger partial charge is 0.490 e. The van der Waals surface area contributed by atoms with Crippen molar-refractivity contribution >= 4 is 23.2 Å². The Bertz CT molecular complexity index is 833. The maximum absolute atomic E-state index is 6.39. The molecule has 0 aliphatic heterocycles. The number of halogens is 1. The van der Waals surface area contributed by atoms with Crippen LogP contribution in [0.2, 0.25) is 0 Å². The normalized spacial score (nSPS) is 20.0. The molecular formula is C20H22ClN3O. The first-order valence-electron chi connectivity index (χ1n) is 8.50. The molecule has 0 spiro atoms. The molecule has 4 nitrogen and oxygen atoms in total. The molecule has 5 heteroatoms. The van der Waals surface area contributed by atoms with Crippen LogP contribution in [-0.4, -0.2) is 22.1 Å². The predicted molar refractivity (Wildman–Crippen MR) is 103 cm³/mol. The Labute approximate surface area is 153 Å². The number of pyridine rings is 2. The number of nitrogens with two attached hydrogens (primary N) is 1. The van der Waals surface area contributed by atoms with Gasteiger partial charge in [-0.15, -0.1) is 12.4 Å². The molecule has 1 fully saturated rings. The van der Waals surface area contributed by atoms with Gasteiger partial charge in [0.25, 0.3) is 0 Å². The van der Waals surface area contributed by atoms with Crippen LogP contribution in [0.15, 0.2) is 55.1 Å². The summed E-state index contributed by atoms with van der Waals surface area (Å²) in [6.45, 7) is 0. The van der Waals surface area contributed by atoms with Gasteiger partial charge in [-0.1, -0.05) is 6.07 Å². The highest BCUT2D eigenvalue weighted by Crippen LogP contribution is 2.38. The third kappa shape index (κ3) is 3.75. The summed E-state index contributed by atoms with van der Waals surface area (Å²) >= 11 is 0. The molecular weight excluding hydrogens is 334 g/mol. The number of rotatable bonds is 3. The molecule has 0 unspecified atom stereocenters. The molecule has 3 aromatic rings. The van der Waals surface area contributed by atoms with Gasteiger partial charge in [0.1, 0.15) is 5.75 Å². The van der Waals surface area contributed by atoms with E-state index in [9.17, 15) is 0 Å². The Morgan fingerprint density at radius 1 is 0.920 bits per heavy atom. The third-order valence-corrected chi connectivity index (χ3v) is 4.74. The summed E-state index contributed by atoms with van der Waals surface area (Å²) in [4.78, 5) is 8.51. The number of hydrogen-bond acceptors (Lipinski definition) is 4. The van der Waals surface area contributed by atoms with E-state index in [2.05, 4.69) is 28.2 Å². The summed E-state index contributed by atoms with van der Waals surface area (Å²) in [5.41, 5.74) is 8.18. The minimum atomic E-state index is 0. The molecule has 4 rings (SSSR count). The standard InChI is InChI=1S/C20H21N3O.ClH/c21-16-4-6-17(7-5-16)24-19-8-3-14-12-23-11-9-18(14)20(19)15-2-1-10-22-13-15;/h1-3,8-13,16-17H,4-7,21H2;1H. The number of benzene rings is 1. The average Bonchev–Trinajstić information content (AvgIpc) is 2.64. The first-order valence-corrected chi connectivity index (χ1v) is 8.50. The van der Waals surface area contributed by atoms with E-state index in [-0.39, 0.29) is 18.5 Å². The molecule has 1 aliphatic carbocycles. The Morgan fingerprint density at radius 3 is 2.48 bits per heavy atom. The van der Waals surface area contributed by atoms with Crippen LogP contribution in [0.3, 0.4) is 0 Å². The predicted octanol–water partition coefficient (Wildman–Crippen LogP) is 4.37. The third-order valence-electron chi connectivity index (χ3n) is 4.74. The highest BCUT2D eigenvalue weighted by atomic mass is 35.5. The molecule has 2 N–H and O–H groups in total. The van der Waals surface area contributed by atoms with Crippen molar-refractivity contribution in [2.75, 3.05) is 0 Å². The topological polar surface area (TPSA) is 61.0 Å². The Morgan fingerprint density at radius 2 is 1.72 bits per heavy atom. The van der Waals surface area contributed by atoms with Crippen LogP contribution in [0.5, 0.6) is 5.75 Å². The second-order valence-corrected chi connectivity index (χ2v) is 6.43. The Hall–Kier alpha value is -2.17. The van der Waals surface area contributed by atoms with E-state index in [4.69, 9.17) is 10.5 Å². The van der Waals surface area contributed by atoms with E-state index in [0.717, 1.165) is 53.3 Å². The smallest absolute Gasteiger partial charge is 0.128 e. The second-order valence-electron chi connectivity index (χ2n) is 6.43. The molecule has 1 saturated carbocycles. The van der Waals surface area contributed by atoms with Crippen molar-refractivity contribution in [2.45, 2.75) is 37.8 Å². The summed E-state index contributed by atoms with van der Waals surface area (Å²) in [6.07, 6.45) is 11.7. The van der Waals surface area contributed by atoms with Crippen molar-refractivity contribution in [1.82, 2.24) is 9.97 Å². The lowest BCUT2D eigenvalue weighted by Crippen LogP contribution is -2.31. The van der Waals surface area contributed by atoms with Gasteiger partial charge in [0.05, 0.1) is 6.10 Å². The lowest BCUT2D eigenvalue weighted by Gasteiger charge is -2.28. The van der Waals surface area contributed by atoms with Crippen molar-refractivity contribution in [2.24, 2.45) is 5.73 Å². The molecule has 0 radical (unpaired) electrons. The van der Waals surface area contributed by atoms with Crippen molar-refractivity contribution in [3.05, 3.63) is 55.1 Å². The summed E-state index contributed by atoms with van der Waals surface area (Å²) in [5, 5.41) is 2.25. The van der Waals surface area contributed by atoms with Crippen LogP contribution >= 0.6 is 12.4 Å².